The standard InChI is InChI=1S/C16H31N3O/c1-13(2)11-17-16(20)14-5-4-8-19(12-14)15-6-9-18(3)10-7-15/h13-15H,4-12H2,1-3H3,(H,17,20). The van der Waals surface area contributed by atoms with E-state index in [9.17, 15) is 4.79 Å². The summed E-state index contributed by atoms with van der Waals surface area (Å²) >= 11 is 0. The molecule has 2 fully saturated rings. The smallest absolute Gasteiger partial charge is 0.224 e. The average Bonchev–Trinajstić information content (AvgIpc) is 2.45. The molecule has 1 atom stereocenters. The molecule has 2 heterocycles. The van der Waals surface area contributed by atoms with Crippen LogP contribution in [-0.4, -0.2) is 61.5 Å². The molecule has 20 heavy (non-hydrogen) atoms. The monoisotopic (exact) mass is 281 g/mol. The first kappa shape index (κ1) is 15.8. The van der Waals surface area contributed by atoms with E-state index in [1.165, 1.54) is 38.9 Å². The molecular weight excluding hydrogens is 250 g/mol. The predicted molar refractivity (Wildman–Crippen MR) is 82.7 cm³/mol. The van der Waals surface area contributed by atoms with Crippen LogP contribution in [-0.2, 0) is 4.79 Å². The Morgan fingerprint density at radius 2 is 1.90 bits per heavy atom. The van der Waals surface area contributed by atoms with Crippen LogP contribution in [0.25, 0.3) is 0 Å². The predicted octanol–water partition coefficient (Wildman–Crippen LogP) is 1.56. The number of likely N-dealkylation sites (tertiary alicyclic amines) is 2. The van der Waals surface area contributed by atoms with Crippen molar-refractivity contribution < 1.29 is 4.79 Å². The largest absolute Gasteiger partial charge is 0.356 e. The fourth-order valence-corrected chi connectivity index (χ4v) is 3.36. The second-order valence-electron chi connectivity index (χ2n) is 7.01. The van der Waals surface area contributed by atoms with Crippen molar-refractivity contribution in [3.63, 3.8) is 0 Å². The third kappa shape index (κ3) is 4.45. The molecule has 0 aromatic rings. The Morgan fingerprint density at radius 1 is 1.20 bits per heavy atom. The quantitative estimate of drug-likeness (QED) is 0.849. The molecular formula is C16H31N3O. The van der Waals surface area contributed by atoms with E-state index in [0.717, 1.165) is 19.5 Å². The third-order valence-corrected chi connectivity index (χ3v) is 4.71. The number of nitrogens with zero attached hydrogens (tertiary/aromatic N) is 2. The van der Waals surface area contributed by atoms with Crippen LogP contribution in [0.2, 0.25) is 0 Å². The molecule has 0 bridgehead atoms. The molecule has 1 amide bonds. The van der Waals surface area contributed by atoms with E-state index in [4.69, 9.17) is 0 Å². The molecule has 4 heteroatoms. The van der Waals surface area contributed by atoms with Crippen molar-refractivity contribution >= 4 is 5.91 Å². The van der Waals surface area contributed by atoms with Crippen LogP contribution < -0.4 is 5.32 Å². The minimum absolute atomic E-state index is 0.210. The molecule has 2 aliphatic rings. The van der Waals surface area contributed by atoms with Crippen molar-refractivity contribution in [3.8, 4) is 0 Å². The topological polar surface area (TPSA) is 35.6 Å². The molecule has 0 aliphatic carbocycles. The van der Waals surface area contributed by atoms with Gasteiger partial charge in [-0.2, -0.15) is 0 Å². The minimum Gasteiger partial charge on any atom is -0.356 e. The van der Waals surface area contributed by atoms with Gasteiger partial charge in [0.15, 0.2) is 0 Å². The van der Waals surface area contributed by atoms with Gasteiger partial charge in [-0.05, 0) is 58.3 Å². The SMILES string of the molecule is CC(C)CNC(=O)C1CCCN(C2CCN(C)CC2)C1. The molecule has 2 aliphatic heterocycles. The van der Waals surface area contributed by atoms with Crippen molar-refractivity contribution in [1.82, 2.24) is 15.1 Å². The maximum Gasteiger partial charge on any atom is 0.224 e. The summed E-state index contributed by atoms with van der Waals surface area (Å²) in [6.07, 6.45) is 4.76. The van der Waals surface area contributed by atoms with E-state index in [-0.39, 0.29) is 11.8 Å². The number of nitrogens with one attached hydrogen (secondary N) is 1. The number of piperidine rings is 2. The summed E-state index contributed by atoms with van der Waals surface area (Å²) in [6.45, 7) is 9.65. The van der Waals surface area contributed by atoms with Gasteiger partial charge in [0, 0.05) is 19.1 Å². The molecule has 0 saturated carbocycles. The molecule has 0 radical (unpaired) electrons. The number of carbonyl (C=O) groups excluding carboxylic acids is 1. The van der Waals surface area contributed by atoms with E-state index in [0.29, 0.717) is 12.0 Å². The zero-order valence-electron chi connectivity index (χ0n) is 13.4. The Labute approximate surface area is 123 Å². The molecule has 116 valence electrons. The number of hydrogen-bond acceptors (Lipinski definition) is 3. The van der Waals surface area contributed by atoms with Crippen LogP contribution >= 0.6 is 0 Å². The van der Waals surface area contributed by atoms with Crippen LogP contribution in [0.3, 0.4) is 0 Å². The van der Waals surface area contributed by atoms with Crippen LogP contribution in [0.4, 0.5) is 0 Å². The Hall–Kier alpha value is -0.610. The van der Waals surface area contributed by atoms with Gasteiger partial charge in [0.2, 0.25) is 5.91 Å². The zero-order valence-corrected chi connectivity index (χ0v) is 13.4. The molecule has 0 spiro atoms. The van der Waals surface area contributed by atoms with Gasteiger partial charge in [0.05, 0.1) is 5.92 Å². The van der Waals surface area contributed by atoms with Crippen molar-refractivity contribution in [1.29, 1.82) is 0 Å². The van der Waals surface area contributed by atoms with Gasteiger partial charge in [-0.15, -0.1) is 0 Å². The Balaban J connectivity index is 1.80. The highest BCUT2D eigenvalue weighted by atomic mass is 16.1. The highest BCUT2D eigenvalue weighted by Crippen LogP contribution is 2.23. The first-order valence-corrected chi connectivity index (χ1v) is 8.26. The lowest BCUT2D eigenvalue weighted by Gasteiger charge is -2.41. The van der Waals surface area contributed by atoms with Gasteiger partial charge < -0.3 is 10.2 Å². The summed E-state index contributed by atoms with van der Waals surface area (Å²) in [5, 5.41) is 3.11. The Kier molecular flexibility index (Phi) is 5.85. The molecule has 2 saturated heterocycles. The second kappa shape index (κ2) is 7.41. The molecule has 1 unspecified atom stereocenters. The van der Waals surface area contributed by atoms with Crippen LogP contribution in [0, 0.1) is 11.8 Å². The fraction of sp³-hybridized carbons (Fsp3) is 0.938. The summed E-state index contributed by atoms with van der Waals surface area (Å²) in [5.41, 5.74) is 0. The summed E-state index contributed by atoms with van der Waals surface area (Å²) in [4.78, 5) is 17.2. The van der Waals surface area contributed by atoms with Crippen molar-refractivity contribution in [2.45, 2.75) is 45.6 Å². The van der Waals surface area contributed by atoms with Gasteiger partial charge in [-0.1, -0.05) is 13.8 Å². The minimum atomic E-state index is 0.210. The number of hydrogen-bond donors (Lipinski definition) is 1. The highest BCUT2D eigenvalue weighted by molar-refractivity contribution is 5.78. The van der Waals surface area contributed by atoms with Gasteiger partial charge in [-0.3, -0.25) is 9.69 Å². The second-order valence-corrected chi connectivity index (χ2v) is 7.01. The average molecular weight is 281 g/mol. The van der Waals surface area contributed by atoms with Crippen LogP contribution in [0.1, 0.15) is 39.5 Å². The van der Waals surface area contributed by atoms with Gasteiger partial charge in [0.1, 0.15) is 0 Å². The van der Waals surface area contributed by atoms with E-state index < -0.39 is 0 Å². The summed E-state index contributed by atoms with van der Waals surface area (Å²) in [6, 6.07) is 0.701. The van der Waals surface area contributed by atoms with Crippen molar-refractivity contribution in [3.05, 3.63) is 0 Å². The van der Waals surface area contributed by atoms with E-state index in [1.807, 2.05) is 0 Å². The molecule has 0 aromatic carbocycles. The summed E-state index contributed by atoms with van der Waals surface area (Å²) in [5.74, 6) is 1.02. The molecule has 0 aromatic heterocycles. The number of amides is 1. The Morgan fingerprint density at radius 3 is 2.55 bits per heavy atom. The highest BCUT2D eigenvalue weighted by Gasteiger charge is 2.30. The molecule has 4 nitrogen and oxygen atoms in total. The van der Waals surface area contributed by atoms with Gasteiger partial charge in [0.25, 0.3) is 0 Å². The van der Waals surface area contributed by atoms with Crippen molar-refractivity contribution in [2.75, 3.05) is 39.8 Å². The maximum atomic E-state index is 12.2. The lowest BCUT2D eigenvalue weighted by Crippen LogP contribution is -2.50. The summed E-state index contributed by atoms with van der Waals surface area (Å²) < 4.78 is 0. The lowest BCUT2D eigenvalue weighted by atomic mass is 9.93. The van der Waals surface area contributed by atoms with E-state index >= 15 is 0 Å². The van der Waals surface area contributed by atoms with Crippen LogP contribution in [0.5, 0.6) is 0 Å². The normalized spacial score (nSPS) is 26.9. The van der Waals surface area contributed by atoms with Crippen molar-refractivity contribution in [2.24, 2.45) is 11.8 Å². The van der Waals surface area contributed by atoms with Gasteiger partial charge in [-0.25, -0.2) is 0 Å². The Bertz CT molecular complexity index is 311. The third-order valence-electron chi connectivity index (χ3n) is 4.71. The lowest BCUT2D eigenvalue weighted by molar-refractivity contribution is -0.127. The molecule has 2 rings (SSSR count). The fourth-order valence-electron chi connectivity index (χ4n) is 3.36. The first-order valence-electron chi connectivity index (χ1n) is 8.26. The van der Waals surface area contributed by atoms with Gasteiger partial charge >= 0.3 is 0 Å². The van der Waals surface area contributed by atoms with E-state index in [2.05, 4.69) is 36.0 Å². The molecule has 1 N–H and O–H groups in total. The maximum absolute atomic E-state index is 12.2. The van der Waals surface area contributed by atoms with E-state index in [1.54, 1.807) is 0 Å². The van der Waals surface area contributed by atoms with Crippen LogP contribution in [0.15, 0.2) is 0 Å². The number of rotatable bonds is 4. The summed E-state index contributed by atoms with van der Waals surface area (Å²) in [7, 11) is 2.20. The first-order chi connectivity index (χ1) is 9.56. The zero-order chi connectivity index (χ0) is 14.5. The number of carbonyl (C=O) groups is 1.